The molecule has 1 N–H and O–H groups in total. The van der Waals surface area contributed by atoms with E-state index >= 15 is 0 Å². The molecule has 2 aliphatic rings. The molecule has 2 aromatic rings. The number of amides is 2. The minimum absolute atomic E-state index is 0.0314. The van der Waals surface area contributed by atoms with E-state index in [2.05, 4.69) is 17.3 Å². The Balaban J connectivity index is 1.47. The van der Waals surface area contributed by atoms with Gasteiger partial charge in [0, 0.05) is 43.3 Å². The van der Waals surface area contributed by atoms with Gasteiger partial charge in [-0.15, -0.1) is 0 Å². The maximum absolute atomic E-state index is 12.8. The Hall–Kier alpha value is -2.60. The molecule has 0 spiro atoms. The molecule has 0 aliphatic carbocycles. The summed E-state index contributed by atoms with van der Waals surface area (Å²) in [5.74, 6) is 0.899. The molecular formula is C20H23N3O3. The molecule has 1 aromatic heterocycles. The zero-order chi connectivity index (χ0) is 18.3. The predicted molar refractivity (Wildman–Crippen MR) is 98.9 cm³/mol. The molecule has 1 aromatic carbocycles. The Kier molecular flexibility index (Phi) is 4.28. The summed E-state index contributed by atoms with van der Waals surface area (Å²) in [6.07, 6.45) is 2.32. The normalized spacial score (nSPS) is 22.5. The van der Waals surface area contributed by atoms with Gasteiger partial charge in [0.1, 0.15) is 5.76 Å². The SMILES string of the molecule is CC(=O)Nc1ccc(-c2ccc(C(=O)N3CC4CCC(C3)N4C)o2)cc1. The van der Waals surface area contributed by atoms with Crippen molar-refractivity contribution in [1.29, 1.82) is 0 Å². The summed E-state index contributed by atoms with van der Waals surface area (Å²) in [5, 5.41) is 2.73. The van der Waals surface area contributed by atoms with E-state index in [1.165, 1.54) is 6.92 Å². The summed E-state index contributed by atoms with van der Waals surface area (Å²) < 4.78 is 5.83. The van der Waals surface area contributed by atoms with Crippen LogP contribution in [0.15, 0.2) is 40.8 Å². The van der Waals surface area contributed by atoms with Crippen LogP contribution in [-0.2, 0) is 4.79 Å². The van der Waals surface area contributed by atoms with Gasteiger partial charge in [0.25, 0.3) is 5.91 Å². The van der Waals surface area contributed by atoms with Gasteiger partial charge < -0.3 is 14.6 Å². The van der Waals surface area contributed by atoms with Crippen LogP contribution in [0.2, 0.25) is 0 Å². The largest absolute Gasteiger partial charge is 0.451 e. The standard InChI is InChI=1S/C20H23N3O3/c1-13(24)21-15-5-3-14(4-6-15)18-9-10-19(26-18)20(25)23-11-16-7-8-17(12-23)22(16)2/h3-6,9-10,16-17H,7-8,11-12H2,1-2H3,(H,21,24). The number of hydrogen-bond acceptors (Lipinski definition) is 4. The minimum Gasteiger partial charge on any atom is -0.451 e. The number of carbonyl (C=O) groups is 2. The van der Waals surface area contributed by atoms with Gasteiger partial charge in [0.2, 0.25) is 5.91 Å². The topological polar surface area (TPSA) is 65.8 Å². The maximum atomic E-state index is 12.8. The number of carbonyl (C=O) groups excluding carboxylic acids is 2. The second-order valence-electron chi connectivity index (χ2n) is 7.18. The van der Waals surface area contributed by atoms with Crippen molar-refractivity contribution in [2.24, 2.45) is 0 Å². The number of nitrogens with one attached hydrogen (secondary N) is 1. The van der Waals surface area contributed by atoms with E-state index in [0.717, 1.165) is 37.2 Å². The highest BCUT2D eigenvalue weighted by molar-refractivity contribution is 5.92. The predicted octanol–water partition coefficient (Wildman–Crippen LogP) is 2.82. The summed E-state index contributed by atoms with van der Waals surface area (Å²) >= 11 is 0. The molecule has 2 amide bonds. The van der Waals surface area contributed by atoms with Gasteiger partial charge in [-0.25, -0.2) is 0 Å². The number of benzene rings is 1. The summed E-state index contributed by atoms with van der Waals surface area (Å²) in [4.78, 5) is 28.2. The van der Waals surface area contributed by atoms with Crippen LogP contribution in [0.3, 0.4) is 0 Å². The second-order valence-corrected chi connectivity index (χ2v) is 7.18. The van der Waals surface area contributed by atoms with Crippen LogP contribution >= 0.6 is 0 Å². The summed E-state index contributed by atoms with van der Waals surface area (Å²) in [6.45, 7) is 3.02. The lowest BCUT2D eigenvalue weighted by molar-refractivity contribution is -0.114. The Morgan fingerprint density at radius 3 is 2.31 bits per heavy atom. The van der Waals surface area contributed by atoms with E-state index in [1.807, 2.05) is 35.2 Å². The van der Waals surface area contributed by atoms with Gasteiger partial charge in [-0.1, -0.05) is 0 Å². The molecule has 0 saturated carbocycles. The molecule has 26 heavy (non-hydrogen) atoms. The van der Waals surface area contributed by atoms with Crippen LogP contribution < -0.4 is 5.32 Å². The van der Waals surface area contributed by atoms with Gasteiger partial charge in [-0.3, -0.25) is 14.5 Å². The molecular weight excluding hydrogens is 330 g/mol. The molecule has 2 bridgehead atoms. The average molecular weight is 353 g/mol. The number of rotatable bonds is 3. The van der Waals surface area contributed by atoms with Crippen LogP contribution in [-0.4, -0.2) is 53.8 Å². The Labute approximate surface area is 152 Å². The molecule has 2 atom stereocenters. The fourth-order valence-electron chi connectivity index (χ4n) is 3.96. The van der Waals surface area contributed by atoms with Crippen molar-refractivity contribution in [3.63, 3.8) is 0 Å². The maximum Gasteiger partial charge on any atom is 0.289 e. The van der Waals surface area contributed by atoms with E-state index < -0.39 is 0 Å². The molecule has 6 heteroatoms. The number of piperazine rings is 1. The Bertz CT molecular complexity index is 813. The van der Waals surface area contributed by atoms with Crippen LogP contribution in [0.4, 0.5) is 5.69 Å². The van der Waals surface area contributed by atoms with E-state index in [9.17, 15) is 9.59 Å². The first-order valence-electron chi connectivity index (χ1n) is 9.00. The van der Waals surface area contributed by atoms with E-state index in [0.29, 0.717) is 23.6 Å². The fraction of sp³-hybridized carbons (Fsp3) is 0.400. The van der Waals surface area contributed by atoms with Crippen molar-refractivity contribution in [1.82, 2.24) is 9.80 Å². The first-order valence-corrected chi connectivity index (χ1v) is 9.00. The van der Waals surface area contributed by atoms with Crippen LogP contribution in [0.5, 0.6) is 0 Å². The number of hydrogen-bond donors (Lipinski definition) is 1. The molecule has 3 heterocycles. The van der Waals surface area contributed by atoms with Crippen LogP contribution in [0, 0.1) is 0 Å². The number of likely N-dealkylation sites (N-methyl/N-ethyl adjacent to an activating group) is 1. The minimum atomic E-state index is -0.107. The van der Waals surface area contributed by atoms with Crippen molar-refractivity contribution in [2.45, 2.75) is 31.8 Å². The molecule has 2 aliphatic heterocycles. The molecule has 2 unspecified atom stereocenters. The molecule has 6 nitrogen and oxygen atoms in total. The number of anilines is 1. The highest BCUT2D eigenvalue weighted by atomic mass is 16.4. The number of likely N-dealkylation sites (tertiary alicyclic amines) is 1. The molecule has 2 fully saturated rings. The van der Waals surface area contributed by atoms with E-state index in [4.69, 9.17) is 4.42 Å². The van der Waals surface area contributed by atoms with E-state index in [1.54, 1.807) is 6.07 Å². The quantitative estimate of drug-likeness (QED) is 0.921. The van der Waals surface area contributed by atoms with Gasteiger partial charge in [0.15, 0.2) is 5.76 Å². The van der Waals surface area contributed by atoms with Crippen molar-refractivity contribution in [2.75, 3.05) is 25.5 Å². The van der Waals surface area contributed by atoms with E-state index in [-0.39, 0.29) is 11.8 Å². The molecule has 2 saturated heterocycles. The summed E-state index contributed by atoms with van der Waals surface area (Å²) in [6, 6.07) is 11.9. The molecule has 136 valence electrons. The lowest BCUT2D eigenvalue weighted by Crippen LogP contribution is -2.53. The summed E-state index contributed by atoms with van der Waals surface area (Å²) in [5.41, 5.74) is 1.61. The van der Waals surface area contributed by atoms with Crippen LogP contribution in [0.25, 0.3) is 11.3 Å². The average Bonchev–Trinajstić information content (AvgIpc) is 3.16. The monoisotopic (exact) mass is 353 g/mol. The van der Waals surface area contributed by atoms with Gasteiger partial charge >= 0.3 is 0 Å². The highest BCUT2D eigenvalue weighted by Gasteiger charge is 2.39. The zero-order valence-electron chi connectivity index (χ0n) is 15.1. The van der Waals surface area contributed by atoms with Crippen LogP contribution in [0.1, 0.15) is 30.3 Å². The number of nitrogens with zero attached hydrogens (tertiary/aromatic N) is 2. The van der Waals surface area contributed by atoms with Gasteiger partial charge in [0.05, 0.1) is 0 Å². The second kappa shape index (κ2) is 6.61. The highest BCUT2D eigenvalue weighted by Crippen LogP contribution is 2.30. The molecule has 0 radical (unpaired) electrons. The first kappa shape index (κ1) is 16.8. The third kappa shape index (κ3) is 3.12. The number of fused-ring (bicyclic) bond motifs is 2. The fourth-order valence-corrected chi connectivity index (χ4v) is 3.96. The van der Waals surface area contributed by atoms with Crippen molar-refractivity contribution in [3.05, 3.63) is 42.2 Å². The van der Waals surface area contributed by atoms with Gasteiger partial charge in [-0.05, 0) is 56.3 Å². The summed E-state index contributed by atoms with van der Waals surface area (Å²) in [7, 11) is 2.15. The van der Waals surface area contributed by atoms with Crippen molar-refractivity contribution in [3.8, 4) is 11.3 Å². The van der Waals surface area contributed by atoms with Crippen molar-refractivity contribution < 1.29 is 14.0 Å². The third-order valence-electron chi connectivity index (χ3n) is 5.44. The first-order chi connectivity index (χ1) is 12.5. The van der Waals surface area contributed by atoms with Gasteiger partial charge in [-0.2, -0.15) is 0 Å². The molecule has 4 rings (SSSR count). The Morgan fingerprint density at radius 2 is 1.69 bits per heavy atom. The number of furan rings is 1. The smallest absolute Gasteiger partial charge is 0.289 e. The third-order valence-corrected chi connectivity index (χ3v) is 5.44. The lowest BCUT2D eigenvalue weighted by atomic mass is 10.1. The zero-order valence-corrected chi connectivity index (χ0v) is 15.1. The van der Waals surface area contributed by atoms with Crippen molar-refractivity contribution >= 4 is 17.5 Å². The Morgan fingerprint density at radius 1 is 1.04 bits per heavy atom. The lowest BCUT2D eigenvalue weighted by Gasteiger charge is -2.38.